The summed E-state index contributed by atoms with van der Waals surface area (Å²) in [5, 5.41) is 3.95. The molecule has 0 amide bonds. The van der Waals surface area contributed by atoms with Crippen molar-refractivity contribution in [1.29, 1.82) is 0 Å². The van der Waals surface area contributed by atoms with Gasteiger partial charge in [0.05, 0.1) is 13.5 Å². The van der Waals surface area contributed by atoms with Gasteiger partial charge in [-0.2, -0.15) is 4.98 Å². The first-order chi connectivity index (χ1) is 14.0. The summed E-state index contributed by atoms with van der Waals surface area (Å²) in [7, 11) is 1.52. The Bertz CT molecular complexity index is 1010. The second kappa shape index (κ2) is 9.14. The molecule has 7 nitrogen and oxygen atoms in total. The van der Waals surface area contributed by atoms with Crippen molar-refractivity contribution in [2.45, 2.75) is 33.3 Å². The van der Waals surface area contributed by atoms with Crippen LogP contribution in [0.25, 0.3) is 11.4 Å². The number of ketones is 1. The molecular formula is C22H22N2O5. The Kier molecular flexibility index (Phi) is 6.39. The van der Waals surface area contributed by atoms with Gasteiger partial charge in [0.1, 0.15) is 12.4 Å². The minimum Gasteiger partial charge on any atom is -0.496 e. The number of ether oxygens (including phenoxy) is 2. The Morgan fingerprint density at radius 2 is 1.86 bits per heavy atom. The number of carbonyl (C=O) groups is 2. The zero-order valence-corrected chi connectivity index (χ0v) is 16.6. The van der Waals surface area contributed by atoms with Crippen LogP contribution in [0, 0.1) is 6.92 Å². The summed E-state index contributed by atoms with van der Waals surface area (Å²) in [5.41, 5.74) is 3.16. The predicted octanol–water partition coefficient (Wildman–Crippen LogP) is 3.93. The van der Waals surface area contributed by atoms with Gasteiger partial charge in [0.2, 0.25) is 11.7 Å². The molecule has 0 unspecified atom stereocenters. The van der Waals surface area contributed by atoms with E-state index in [0.717, 1.165) is 11.1 Å². The van der Waals surface area contributed by atoms with Crippen LogP contribution in [0.4, 0.5) is 0 Å². The molecule has 0 aliphatic heterocycles. The lowest BCUT2D eigenvalue weighted by Crippen LogP contribution is -2.07. The average molecular weight is 394 g/mol. The highest BCUT2D eigenvalue weighted by Crippen LogP contribution is 2.22. The quantitative estimate of drug-likeness (QED) is 0.422. The number of aromatic nitrogens is 2. The minimum absolute atomic E-state index is 0.0155. The number of carbonyl (C=O) groups excluding carboxylic acids is 2. The summed E-state index contributed by atoms with van der Waals surface area (Å²) in [6.07, 6.45) is 0.382. The summed E-state index contributed by atoms with van der Waals surface area (Å²) in [6, 6.07) is 12.8. The van der Waals surface area contributed by atoms with Crippen LogP contribution in [-0.2, 0) is 22.6 Å². The molecule has 1 heterocycles. The zero-order chi connectivity index (χ0) is 20.8. The number of hydrogen-bond acceptors (Lipinski definition) is 7. The lowest BCUT2D eigenvalue weighted by atomic mass is 10.1. The van der Waals surface area contributed by atoms with Gasteiger partial charge in [0.25, 0.3) is 0 Å². The van der Waals surface area contributed by atoms with Gasteiger partial charge in [-0.1, -0.05) is 35.0 Å². The number of esters is 1. The first kappa shape index (κ1) is 20.3. The number of hydrogen-bond donors (Lipinski definition) is 0. The smallest absolute Gasteiger partial charge is 0.306 e. The topological polar surface area (TPSA) is 91.5 Å². The molecule has 150 valence electrons. The highest BCUT2D eigenvalue weighted by molar-refractivity contribution is 5.94. The third kappa shape index (κ3) is 5.28. The van der Waals surface area contributed by atoms with Crippen LogP contribution in [0.1, 0.15) is 40.7 Å². The molecule has 2 aromatic carbocycles. The molecule has 3 rings (SSSR count). The monoisotopic (exact) mass is 394 g/mol. The summed E-state index contributed by atoms with van der Waals surface area (Å²) >= 11 is 0. The molecule has 29 heavy (non-hydrogen) atoms. The van der Waals surface area contributed by atoms with Crippen molar-refractivity contribution >= 4 is 11.8 Å². The molecule has 0 radical (unpaired) electrons. The minimum atomic E-state index is -0.407. The van der Waals surface area contributed by atoms with E-state index in [-0.39, 0.29) is 25.2 Å². The number of aryl methyl sites for hydroxylation is 2. The molecular weight excluding hydrogens is 372 g/mol. The molecule has 7 heteroatoms. The van der Waals surface area contributed by atoms with E-state index in [1.165, 1.54) is 14.0 Å². The van der Waals surface area contributed by atoms with Gasteiger partial charge in [-0.15, -0.1) is 0 Å². The fourth-order valence-electron chi connectivity index (χ4n) is 2.73. The summed E-state index contributed by atoms with van der Waals surface area (Å²) in [4.78, 5) is 28.0. The van der Waals surface area contributed by atoms with E-state index in [1.54, 1.807) is 18.2 Å². The van der Waals surface area contributed by atoms with Crippen LogP contribution >= 0.6 is 0 Å². The first-order valence-corrected chi connectivity index (χ1v) is 9.19. The second-order valence-electron chi connectivity index (χ2n) is 6.62. The third-order valence-electron chi connectivity index (χ3n) is 4.40. The molecule has 0 atom stereocenters. The van der Waals surface area contributed by atoms with E-state index in [9.17, 15) is 9.59 Å². The number of Topliss-reactive ketones (excluding diaryl/α,β-unsaturated/α-hetero) is 1. The molecule has 3 aromatic rings. The Morgan fingerprint density at radius 3 is 2.55 bits per heavy atom. The Hall–Kier alpha value is -3.48. The summed E-state index contributed by atoms with van der Waals surface area (Å²) in [6.45, 7) is 3.50. The van der Waals surface area contributed by atoms with Crippen molar-refractivity contribution in [3.8, 4) is 17.1 Å². The summed E-state index contributed by atoms with van der Waals surface area (Å²) < 4.78 is 15.8. The standard InChI is InChI=1S/C22H22N2O5/c1-14-4-6-16(7-5-14)22-23-20(29-24-22)10-11-21(26)28-13-18-12-17(15(2)25)8-9-19(18)27-3/h4-9,12H,10-11,13H2,1-3H3. The lowest BCUT2D eigenvalue weighted by molar-refractivity contribution is -0.145. The maximum Gasteiger partial charge on any atom is 0.306 e. The Balaban J connectivity index is 1.55. The highest BCUT2D eigenvalue weighted by atomic mass is 16.5. The van der Waals surface area contributed by atoms with Crippen molar-refractivity contribution in [1.82, 2.24) is 10.1 Å². The lowest BCUT2D eigenvalue weighted by Gasteiger charge is -2.10. The maximum atomic E-state index is 12.1. The van der Waals surface area contributed by atoms with E-state index in [2.05, 4.69) is 10.1 Å². The fourth-order valence-corrected chi connectivity index (χ4v) is 2.73. The predicted molar refractivity (Wildman–Crippen MR) is 106 cm³/mol. The van der Waals surface area contributed by atoms with Gasteiger partial charge in [-0.3, -0.25) is 9.59 Å². The molecule has 0 saturated heterocycles. The molecule has 0 saturated carbocycles. The second-order valence-corrected chi connectivity index (χ2v) is 6.62. The van der Waals surface area contributed by atoms with Crippen LogP contribution in [0.15, 0.2) is 47.0 Å². The van der Waals surface area contributed by atoms with Crippen molar-refractivity contribution < 1.29 is 23.6 Å². The van der Waals surface area contributed by atoms with Crippen molar-refractivity contribution in [3.63, 3.8) is 0 Å². The molecule has 1 aromatic heterocycles. The van der Waals surface area contributed by atoms with Gasteiger partial charge in [0.15, 0.2) is 5.78 Å². The number of benzene rings is 2. The third-order valence-corrected chi connectivity index (χ3v) is 4.40. The van der Waals surface area contributed by atoms with Crippen LogP contribution in [0.5, 0.6) is 5.75 Å². The van der Waals surface area contributed by atoms with Crippen molar-refractivity contribution in [2.75, 3.05) is 7.11 Å². The van der Waals surface area contributed by atoms with E-state index in [1.807, 2.05) is 31.2 Å². The van der Waals surface area contributed by atoms with Crippen LogP contribution < -0.4 is 4.74 Å². The van der Waals surface area contributed by atoms with Crippen LogP contribution in [-0.4, -0.2) is 29.0 Å². The normalized spacial score (nSPS) is 10.6. The summed E-state index contributed by atoms with van der Waals surface area (Å²) in [5.74, 6) is 0.937. The Morgan fingerprint density at radius 1 is 1.10 bits per heavy atom. The fraction of sp³-hybridized carbons (Fsp3) is 0.273. The molecule has 0 N–H and O–H groups in total. The van der Waals surface area contributed by atoms with E-state index in [4.69, 9.17) is 14.0 Å². The molecule has 0 bridgehead atoms. The highest BCUT2D eigenvalue weighted by Gasteiger charge is 2.13. The van der Waals surface area contributed by atoms with Gasteiger partial charge in [-0.25, -0.2) is 0 Å². The van der Waals surface area contributed by atoms with E-state index >= 15 is 0 Å². The van der Waals surface area contributed by atoms with Crippen LogP contribution in [0.2, 0.25) is 0 Å². The van der Waals surface area contributed by atoms with Crippen molar-refractivity contribution in [3.05, 3.63) is 65.0 Å². The maximum absolute atomic E-state index is 12.1. The number of methoxy groups -OCH3 is 1. The number of nitrogens with zero attached hydrogens (tertiary/aromatic N) is 2. The van der Waals surface area contributed by atoms with Crippen LogP contribution in [0.3, 0.4) is 0 Å². The van der Waals surface area contributed by atoms with Gasteiger partial charge >= 0.3 is 5.97 Å². The van der Waals surface area contributed by atoms with Gasteiger partial charge in [-0.05, 0) is 32.0 Å². The van der Waals surface area contributed by atoms with Gasteiger partial charge < -0.3 is 14.0 Å². The number of rotatable bonds is 8. The average Bonchev–Trinajstić information content (AvgIpc) is 3.20. The largest absolute Gasteiger partial charge is 0.496 e. The van der Waals surface area contributed by atoms with Crippen molar-refractivity contribution in [2.24, 2.45) is 0 Å². The molecule has 0 aliphatic rings. The SMILES string of the molecule is COc1ccc(C(C)=O)cc1COC(=O)CCc1nc(-c2ccc(C)cc2)no1. The van der Waals surface area contributed by atoms with Gasteiger partial charge in [0, 0.05) is 23.1 Å². The molecule has 0 aliphatic carbocycles. The Labute approximate surface area is 168 Å². The molecule has 0 spiro atoms. The molecule has 0 fully saturated rings. The van der Waals surface area contributed by atoms with E-state index in [0.29, 0.717) is 28.6 Å². The first-order valence-electron chi connectivity index (χ1n) is 9.19. The zero-order valence-electron chi connectivity index (χ0n) is 16.6. The van der Waals surface area contributed by atoms with E-state index < -0.39 is 5.97 Å².